The monoisotopic (exact) mass is 526 g/mol. The van der Waals surface area contributed by atoms with Gasteiger partial charge >= 0.3 is 5.97 Å². The van der Waals surface area contributed by atoms with Crippen molar-refractivity contribution >= 4 is 23.4 Å². The highest BCUT2D eigenvalue weighted by Crippen LogP contribution is 2.38. The van der Waals surface area contributed by atoms with Crippen LogP contribution in [0.15, 0.2) is 72.8 Å². The zero-order valence-electron chi connectivity index (χ0n) is 22.4. The molecule has 1 aliphatic rings. The fraction of sp³-hybridized carbons (Fsp3) is 0.258. The molecular weight excluding hydrogens is 495 g/mol. The molecule has 4 aromatic rings. The molecule has 0 fully saturated rings. The molecule has 0 aliphatic carbocycles. The number of rotatable bonds is 7. The topological polar surface area (TPSA) is 76.6 Å². The number of aromatic nitrogens is 2. The predicted molar refractivity (Wildman–Crippen MR) is 149 cm³/mol. The zero-order chi connectivity index (χ0) is 27.5. The SMILES string of the molecule is COc1ccc(C(OC(C)=O)c2nc(Nc3ccc(F)cc3)nc(N3CCc4ccccc4C3C)c2C)cc1. The molecule has 2 unspecified atom stereocenters. The Bertz CT molecular complexity index is 1470. The molecule has 2 heterocycles. The van der Waals surface area contributed by atoms with E-state index >= 15 is 0 Å². The molecule has 7 nitrogen and oxygen atoms in total. The molecule has 0 saturated carbocycles. The number of benzene rings is 3. The number of hydrogen-bond donors (Lipinski definition) is 1. The van der Waals surface area contributed by atoms with Gasteiger partial charge in [0, 0.05) is 24.7 Å². The van der Waals surface area contributed by atoms with Crippen LogP contribution in [0.5, 0.6) is 5.75 Å². The third kappa shape index (κ3) is 5.55. The van der Waals surface area contributed by atoms with Gasteiger partial charge in [0.05, 0.1) is 18.8 Å². The summed E-state index contributed by atoms with van der Waals surface area (Å²) in [5.74, 6) is 1.01. The average molecular weight is 527 g/mol. The fourth-order valence-corrected chi connectivity index (χ4v) is 5.06. The quantitative estimate of drug-likeness (QED) is 0.277. The maximum atomic E-state index is 13.6. The molecule has 0 radical (unpaired) electrons. The van der Waals surface area contributed by atoms with Crippen molar-refractivity contribution in [3.05, 3.63) is 107 Å². The second-order valence-electron chi connectivity index (χ2n) is 9.59. The summed E-state index contributed by atoms with van der Waals surface area (Å²) in [6.07, 6.45) is 0.114. The van der Waals surface area contributed by atoms with E-state index in [-0.39, 0.29) is 11.9 Å². The van der Waals surface area contributed by atoms with Crippen molar-refractivity contribution < 1.29 is 18.7 Å². The van der Waals surface area contributed by atoms with E-state index in [1.54, 1.807) is 19.2 Å². The van der Waals surface area contributed by atoms with Crippen LogP contribution in [0.4, 0.5) is 21.8 Å². The maximum Gasteiger partial charge on any atom is 0.303 e. The first kappa shape index (κ1) is 26.2. The van der Waals surface area contributed by atoms with Gasteiger partial charge in [-0.1, -0.05) is 36.4 Å². The van der Waals surface area contributed by atoms with Crippen LogP contribution in [0, 0.1) is 12.7 Å². The number of anilines is 3. The Morgan fingerprint density at radius 2 is 1.77 bits per heavy atom. The van der Waals surface area contributed by atoms with E-state index in [4.69, 9.17) is 19.4 Å². The summed E-state index contributed by atoms with van der Waals surface area (Å²) in [6.45, 7) is 6.28. The molecule has 5 rings (SSSR count). The maximum absolute atomic E-state index is 13.6. The minimum Gasteiger partial charge on any atom is -0.497 e. The summed E-state index contributed by atoms with van der Waals surface area (Å²) in [4.78, 5) is 24.3. The molecule has 8 heteroatoms. The number of nitrogens with one attached hydrogen (secondary N) is 1. The van der Waals surface area contributed by atoms with E-state index in [9.17, 15) is 9.18 Å². The molecule has 2 atom stereocenters. The number of carbonyl (C=O) groups is 1. The van der Waals surface area contributed by atoms with Gasteiger partial charge in [0.25, 0.3) is 0 Å². The van der Waals surface area contributed by atoms with Crippen LogP contribution in [0.3, 0.4) is 0 Å². The Balaban J connectivity index is 1.64. The molecule has 1 aliphatic heterocycles. The first-order valence-corrected chi connectivity index (χ1v) is 12.9. The number of methoxy groups -OCH3 is 1. The lowest BCUT2D eigenvalue weighted by atomic mass is 9.93. The van der Waals surface area contributed by atoms with Gasteiger partial charge in [-0.15, -0.1) is 0 Å². The average Bonchev–Trinajstić information content (AvgIpc) is 2.94. The molecule has 0 bridgehead atoms. The summed E-state index contributed by atoms with van der Waals surface area (Å²) in [6, 6.07) is 21.9. The van der Waals surface area contributed by atoms with Crippen LogP contribution in [0.2, 0.25) is 0 Å². The highest BCUT2D eigenvalue weighted by atomic mass is 19.1. The zero-order valence-corrected chi connectivity index (χ0v) is 22.4. The smallest absolute Gasteiger partial charge is 0.303 e. The van der Waals surface area contributed by atoms with Crippen molar-refractivity contribution in [1.82, 2.24) is 9.97 Å². The Morgan fingerprint density at radius 3 is 2.46 bits per heavy atom. The Hall–Kier alpha value is -4.46. The number of hydrogen-bond acceptors (Lipinski definition) is 7. The van der Waals surface area contributed by atoms with Gasteiger partial charge in [0.1, 0.15) is 17.4 Å². The van der Waals surface area contributed by atoms with Crippen molar-refractivity contribution in [3.8, 4) is 5.75 Å². The third-order valence-corrected chi connectivity index (χ3v) is 7.08. The number of fused-ring (bicyclic) bond motifs is 1. The van der Waals surface area contributed by atoms with Crippen molar-refractivity contribution in [2.75, 3.05) is 23.9 Å². The number of esters is 1. The lowest BCUT2D eigenvalue weighted by Crippen LogP contribution is -2.35. The van der Waals surface area contributed by atoms with Gasteiger partial charge in [-0.2, -0.15) is 4.98 Å². The molecule has 3 aromatic carbocycles. The van der Waals surface area contributed by atoms with Crippen LogP contribution in [0.1, 0.15) is 53.9 Å². The fourth-order valence-electron chi connectivity index (χ4n) is 5.06. The highest BCUT2D eigenvalue weighted by molar-refractivity contribution is 5.67. The van der Waals surface area contributed by atoms with Crippen molar-refractivity contribution in [3.63, 3.8) is 0 Å². The molecule has 0 amide bonds. The lowest BCUT2D eigenvalue weighted by molar-refractivity contribution is -0.144. The first-order chi connectivity index (χ1) is 18.8. The first-order valence-electron chi connectivity index (χ1n) is 12.9. The summed E-state index contributed by atoms with van der Waals surface area (Å²) < 4.78 is 24.7. The second-order valence-corrected chi connectivity index (χ2v) is 9.59. The largest absolute Gasteiger partial charge is 0.497 e. The molecular formula is C31H31FN4O3. The summed E-state index contributed by atoms with van der Waals surface area (Å²) in [5, 5.41) is 3.21. The molecule has 0 saturated heterocycles. The number of ether oxygens (including phenoxy) is 2. The Morgan fingerprint density at radius 1 is 1.05 bits per heavy atom. The number of halogens is 1. The van der Waals surface area contributed by atoms with Crippen molar-refractivity contribution in [1.29, 1.82) is 0 Å². The van der Waals surface area contributed by atoms with E-state index < -0.39 is 12.1 Å². The molecule has 1 N–H and O–H groups in total. The van der Waals surface area contributed by atoms with Crippen LogP contribution in [0.25, 0.3) is 0 Å². The van der Waals surface area contributed by atoms with Gasteiger partial charge in [-0.3, -0.25) is 4.79 Å². The standard InChI is InChI=1S/C31H31FN4O3/c1-19-28(29(39-21(3)37)23-9-15-26(38-4)16-10-23)34-31(33-25-13-11-24(32)12-14-25)35-30(19)36-18-17-22-7-5-6-8-27(22)20(36)2/h5-16,20,29H,17-18H2,1-4H3,(H,33,34,35). The summed E-state index contributed by atoms with van der Waals surface area (Å²) in [5.41, 5.74) is 5.35. The Labute approximate surface area is 227 Å². The molecule has 1 aromatic heterocycles. The number of carbonyl (C=O) groups excluding carboxylic acids is 1. The van der Waals surface area contributed by atoms with Crippen molar-refractivity contribution in [2.45, 2.75) is 39.3 Å². The normalized spacial score (nSPS) is 15.3. The molecule has 200 valence electrons. The van der Waals surface area contributed by atoms with E-state index in [1.807, 2.05) is 31.2 Å². The second kappa shape index (κ2) is 11.1. The minimum absolute atomic E-state index is 0.0724. The van der Waals surface area contributed by atoms with Gasteiger partial charge in [0.2, 0.25) is 5.95 Å². The molecule has 39 heavy (non-hydrogen) atoms. The van der Waals surface area contributed by atoms with Crippen LogP contribution in [-0.2, 0) is 16.0 Å². The van der Waals surface area contributed by atoms with Gasteiger partial charge in [-0.25, -0.2) is 9.37 Å². The van der Waals surface area contributed by atoms with E-state index in [2.05, 4.69) is 41.4 Å². The van der Waals surface area contributed by atoms with E-state index in [0.717, 1.165) is 29.9 Å². The molecule has 0 spiro atoms. The van der Waals surface area contributed by atoms with Crippen LogP contribution < -0.4 is 15.0 Å². The van der Waals surface area contributed by atoms with E-state index in [1.165, 1.54) is 30.2 Å². The lowest BCUT2D eigenvalue weighted by Gasteiger charge is -2.37. The minimum atomic E-state index is -0.767. The number of nitrogens with zero attached hydrogens (tertiary/aromatic N) is 3. The van der Waals surface area contributed by atoms with Crippen LogP contribution >= 0.6 is 0 Å². The van der Waals surface area contributed by atoms with Crippen molar-refractivity contribution in [2.24, 2.45) is 0 Å². The predicted octanol–water partition coefficient (Wildman–Crippen LogP) is 6.45. The van der Waals surface area contributed by atoms with Crippen LogP contribution in [-0.4, -0.2) is 29.6 Å². The Kier molecular flexibility index (Phi) is 7.45. The third-order valence-electron chi connectivity index (χ3n) is 7.08. The highest BCUT2D eigenvalue weighted by Gasteiger charge is 2.30. The summed E-state index contributed by atoms with van der Waals surface area (Å²) in [7, 11) is 1.60. The van der Waals surface area contributed by atoms with Gasteiger partial charge in [0.15, 0.2) is 6.10 Å². The van der Waals surface area contributed by atoms with Gasteiger partial charge < -0.3 is 19.7 Å². The van der Waals surface area contributed by atoms with Gasteiger partial charge in [-0.05, 0) is 73.4 Å². The summed E-state index contributed by atoms with van der Waals surface area (Å²) >= 11 is 0. The van der Waals surface area contributed by atoms with E-state index in [0.29, 0.717) is 23.1 Å².